The molecule has 1 heterocycles. The third-order valence-corrected chi connectivity index (χ3v) is 4.84. The molecule has 2 aromatic carbocycles. The number of carbonyl (C=O) groups excluding carboxylic acids is 2. The molecule has 0 unspecified atom stereocenters. The van der Waals surface area contributed by atoms with Crippen molar-refractivity contribution >= 4 is 40.7 Å². The van der Waals surface area contributed by atoms with E-state index in [0.717, 1.165) is 11.1 Å². The Morgan fingerprint density at radius 1 is 1.07 bits per heavy atom. The van der Waals surface area contributed by atoms with Crippen LogP contribution < -0.4 is 10.6 Å². The molecular weight excluding hydrogens is 413 g/mol. The van der Waals surface area contributed by atoms with Crippen LogP contribution in [-0.4, -0.2) is 26.8 Å². The number of carbonyl (C=O) groups is 2. The van der Waals surface area contributed by atoms with E-state index in [-0.39, 0.29) is 18.1 Å². The Kier molecular flexibility index (Phi) is 6.51. The van der Waals surface area contributed by atoms with Crippen molar-refractivity contribution < 1.29 is 9.59 Å². The SMILES string of the molecule is Cc1ccc(CNC(=O)Cn2nnc(C(=O)Nc3cc(Cl)ccc3Cl)c2C)cc1. The van der Waals surface area contributed by atoms with Crippen molar-refractivity contribution in [2.75, 3.05) is 5.32 Å². The third-order valence-electron chi connectivity index (χ3n) is 4.28. The lowest BCUT2D eigenvalue weighted by molar-refractivity contribution is -0.122. The van der Waals surface area contributed by atoms with Crippen LogP contribution in [0.4, 0.5) is 5.69 Å². The van der Waals surface area contributed by atoms with Crippen molar-refractivity contribution in [2.24, 2.45) is 0 Å². The van der Waals surface area contributed by atoms with E-state index < -0.39 is 5.91 Å². The molecule has 0 atom stereocenters. The number of rotatable bonds is 6. The topological polar surface area (TPSA) is 88.9 Å². The van der Waals surface area contributed by atoms with Gasteiger partial charge in [0.25, 0.3) is 5.91 Å². The highest BCUT2D eigenvalue weighted by molar-refractivity contribution is 6.35. The van der Waals surface area contributed by atoms with Gasteiger partial charge in [0.1, 0.15) is 6.54 Å². The maximum atomic E-state index is 12.5. The summed E-state index contributed by atoms with van der Waals surface area (Å²) in [6, 6.07) is 12.6. The van der Waals surface area contributed by atoms with Gasteiger partial charge >= 0.3 is 0 Å². The van der Waals surface area contributed by atoms with Crippen molar-refractivity contribution in [3.63, 3.8) is 0 Å². The van der Waals surface area contributed by atoms with Crippen LogP contribution in [-0.2, 0) is 17.9 Å². The number of aryl methyl sites for hydroxylation is 1. The molecular formula is C20H19Cl2N5O2. The molecule has 0 aliphatic carbocycles. The van der Waals surface area contributed by atoms with E-state index in [2.05, 4.69) is 20.9 Å². The van der Waals surface area contributed by atoms with Crippen LogP contribution in [0.1, 0.15) is 27.3 Å². The Morgan fingerprint density at radius 2 is 1.79 bits per heavy atom. The lowest BCUT2D eigenvalue weighted by atomic mass is 10.1. The average Bonchev–Trinajstić information content (AvgIpc) is 3.04. The minimum Gasteiger partial charge on any atom is -0.350 e. The smallest absolute Gasteiger partial charge is 0.278 e. The van der Waals surface area contributed by atoms with Gasteiger partial charge in [-0.15, -0.1) is 5.10 Å². The highest BCUT2D eigenvalue weighted by Crippen LogP contribution is 2.26. The quantitative estimate of drug-likeness (QED) is 0.621. The van der Waals surface area contributed by atoms with E-state index in [0.29, 0.717) is 28.0 Å². The van der Waals surface area contributed by atoms with Gasteiger partial charge in [0.2, 0.25) is 5.91 Å². The van der Waals surface area contributed by atoms with E-state index in [9.17, 15) is 9.59 Å². The molecule has 0 spiro atoms. The Balaban J connectivity index is 1.62. The largest absolute Gasteiger partial charge is 0.350 e. The van der Waals surface area contributed by atoms with Crippen LogP contribution in [0.3, 0.4) is 0 Å². The molecule has 9 heteroatoms. The Morgan fingerprint density at radius 3 is 2.52 bits per heavy atom. The Hall–Kier alpha value is -2.90. The molecule has 7 nitrogen and oxygen atoms in total. The molecule has 0 radical (unpaired) electrons. The predicted octanol–water partition coefficient (Wildman–Crippen LogP) is 3.77. The van der Waals surface area contributed by atoms with E-state index in [1.54, 1.807) is 25.1 Å². The second-order valence-corrected chi connectivity index (χ2v) is 7.37. The van der Waals surface area contributed by atoms with Crippen LogP contribution in [0.25, 0.3) is 0 Å². The number of nitrogens with one attached hydrogen (secondary N) is 2. The van der Waals surface area contributed by atoms with Crippen LogP contribution in [0.2, 0.25) is 10.0 Å². The Labute approximate surface area is 178 Å². The first-order chi connectivity index (χ1) is 13.8. The molecule has 2 N–H and O–H groups in total. The molecule has 3 rings (SSSR count). The summed E-state index contributed by atoms with van der Waals surface area (Å²) < 4.78 is 1.37. The predicted molar refractivity (Wildman–Crippen MR) is 112 cm³/mol. The van der Waals surface area contributed by atoms with Gasteiger partial charge in [0.05, 0.1) is 16.4 Å². The van der Waals surface area contributed by atoms with Gasteiger partial charge in [-0.3, -0.25) is 9.59 Å². The summed E-state index contributed by atoms with van der Waals surface area (Å²) in [4.78, 5) is 24.7. The van der Waals surface area contributed by atoms with Gasteiger partial charge in [0, 0.05) is 11.6 Å². The first-order valence-electron chi connectivity index (χ1n) is 8.82. The van der Waals surface area contributed by atoms with Crippen molar-refractivity contribution in [3.8, 4) is 0 Å². The van der Waals surface area contributed by atoms with E-state index >= 15 is 0 Å². The summed E-state index contributed by atoms with van der Waals surface area (Å²) >= 11 is 12.0. The molecule has 2 amide bonds. The lowest BCUT2D eigenvalue weighted by Gasteiger charge is -2.08. The lowest BCUT2D eigenvalue weighted by Crippen LogP contribution is -2.28. The summed E-state index contributed by atoms with van der Waals surface area (Å²) in [7, 11) is 0. The van der Waals surface area contributed by atoms with Crippen molar-refractivity contribution in [2.45, 2.75) is 26.9 Å². The number of amides is 2. The monoisotopic (exact) mass is 431 g/mol. The highest BCUT2D eigenvalue weighted by atomic mass is 35.5. The summed E-state index contributed by atoms with van der Waals surface area (Å²) in [6.45, 7) is 4.04. The van der Waals surface area contributed by atoms with E-state index in [1.807, 2.05) is 31.2 Å². The zero-order chi connectivity index (χ0) is 21.0. The van der Waals surface area contributed by atoms with Crippen LogP contribution in [0.15, 0.2) is 42.5 Å². The van der Waals surface area contributed by atoms with Crippen molar-refractivity contribution in [1.82, 2.24) is 20.3 Å². The summed E-state index contributed by atoms with van der Waals surface area (Å²) in [5.41, 5.74) is 3.09. The first-order valence-corrected chi connectivity index (χ1v) is 9.58. The summed E-state index contributed by atoms with van der Waals surface area (Å²) in [5.74, 6) is -0.721. The number of benzene rings is 2. The second-order valence-electron chi connectivity index (χ2n) is 6.52. The molecule has 0 saturated carbocycles. The van der Waals surface area contributed by atoms with Gasteiger partial charge in [-0.2, -0.15) is 0 Å². The number of aromatic nitrogens is 3. The molecule has 29 heavy (non-hydrogen) atoms. The molecule has 0 aliphatic heterocycles. The van der Waals surface area contributed by atoms with Crippen LogP contribution in [0, 0.1) is 13.8 Å². The number of anilines is 1. The van der Waals surface area contributed by atoms with E-state index in [1.165, 1.54) is 4.68 Å². The first kappa shape index (κ1) is 20.8. The van der Waals surface area contributed by atoms with Gasteiger partial charge in [-0.1, -0.05) is 58.2 Å². The zero-order valence-electron chi connectivity index (χ0n) is 15.9. The molecule has 3 aromatic rings. The maximum Gasteiger partial charge on any atom is 0.278 e. The fourth-order valence-corrected chi connectivity index (χ4v) is 2.93. The van der Waals surface area contributed by atoms with Crippen LogP contribution >= 0.6 is 23.2 Å². The second kappa shape index (κ2) is 9.07. The number of hydrogen-bond acceptors (Lipinski definition) is 4. The minimum absolute atomic E-state index is 0.0457. The molecule has 0 fully saturated rings. The standard InChI is InChI=1S/C20H19Cl2N5O2/c1-12-3-5-14(6-4-12)10-23-18(28)11-27-13(2)19(25-26-27)20(29)24-17-9-15(21)7-8-16(17)22/h3-9H,10-11H2,1-2H3,(H,23,28)(H,24,29). The number of hydrogen-bond donors (Lipinski definition) is 2. The molecule has 150 valence electrons. The Bertz CT molecular complexity index is 1050. The maximum absolute atomic E-state index is 12.5. The normalized spacial score (nSPS) is 10.6. The van der Waals surface area contributed by atoms with Gasteiger partial charge in [-0.05, 0) is 37.6 Å². The fourth-order valence-electron chi connectivity index (χ4n) is 2.59. The van der Waals surface area contributed by atoms with Crippen LogP contribution in [0.5, 0.6) is 0 Å². The highest BCUT2D eigenvalue weighted by Gasteiger charge is 2.19. The number of halogens is 2. The molecule has 0 bridgehead atoms. The molecule has 1 aromatic heterocycles. The fraction of sp³-hybridized carbons (Fsp3) is 0.200. The average molecular weight is 432 g/mol. The van der Waals surface area contributed by atoms with Gasteiger partial charge in [-0.25, -0.2) is 4.68 Å². The summed E-state index contributed by atoms with van der Waals surface area (Å²) in [5, 5.41) is 14.1. The number of nitrogens with zero attached hydrogens (tertiary/aromatic N) is 3. The summed E-state index contributed by atoms with van der Waals surface area (Å²) in [6.07, 6.45) is 0. The third kappa shape index (κ3) is 5.34. The molecule has 0 aliphatic rings. The van der Waals surface area contributed by atoms with Crippen molar-refractivity contribution in [3.05, 3.63) is 75.0 Å². The van der Waals surface area contributed by atoms with Gasteiger partial charge < -0.3 is 10.6 Å². The van der Waals surface area contributed by atoms with Crippen molar-refractivity contribution in [1.29, 1.82) is 0 Å². The molecule has 0 saturated heterocycles. The van der Waals surface area contributed by atoms with Gasteiger partial charge in [0.15, 0.2) is 5.69 Å². The van der Waals surface area contributed by atoms with E-state index in [4.69, 9.17) is 23.2 Å². The minimum atomic E-state index is -0.488. The zero-order valence-corrected chi connectivity index (χ0v) is 17.4.